The average molecular weight is 350 g/mol. The standard InChI is InChI=1S/C15H20BrN5/c1-11-18-14(17-8-9-21(2)3)10-15(19-11)20-13-7-5-4-6-12(13)16/h4-7,10H,8-9H2,1-3H3,(H2,17,18,19,20). The summed E-state index contributed by atoms with van der Waals surface area (Å²) in [5.41, 5.74) is 0.981. The zero-order chi connectivity index (χ0) is 15.2. The van der Waals surface area contributed by atoms with Crippen LogP contribution in [0.1, 0.15) is 5.82 Å². The van der Waals surface area contributed by atoms with Crippen LogP contribution in [0.15, 0.2) is 34.8 Å². The Labute approximate surface area is 133 Å². The number of aryl methyl sites for hydroxylation is 1. The highest BCUT2D eigenvalue weighted by molar-refractivity contribution is 9.10. The van der Waals surface area contributed by atoms with Gasteiger partial charge in [-0.3, -0.25) is 0 Å². The molecular formula is C15H20BrN5. The molecule has 112 valence electrons. The quantitative estimate of drug-likeness (QED) is 0.838. The number of halogens is 1. The van der Waals surface area contributed by atoms with Gasteiger partial charge in [0, 0.05) is 23.6 Å². The first kappa shape index (κ1) is 15.7. The van der Waals surface area contributed by atoms with Crippen LogP contribution in [-0.4, -0.2) is 42.1 Å². The number of hydrogen-bond acceptors (Lipinski definition) is 5. The van der Waals surface area contributed by atoms with Crippen LogP contribution >= 0.6 is 15.9 Å². The van der Waals surface area contributed by atoms with Crippen molar-refractivity contribution in [2.75, 3.05) is 37.8 Å². The molecule has 1 aromatic carbocycles. The van der Waals surface area contributed by atoms with Crippen molar-refractivity contribution in [3.05, 3.63) is 40.6 Å². The molecule has 5 nitrogen and oxygen atoms in total. The van der Waals surface area contributed by atoms with E-state index in [2.05, 4.69) is 41.4 Å². The summed E-state index contributed by atoms with van der Waals surface area (Å²) in [6.07, 6.45) is 0. The second-order valence-electron chi connectivity index (χ2n) is 5.02. The molecule has 0 spiro atoms. The monoisotopic (exact) mass is 349 g/mol. The van der Waals surface area contributed by atoms with E-state index in [9.17, 15) is 0 Å². The summed E-state index contributed by atoms with van der Waals surface area (Å²) < 4.78 is 1.00. The Balaban J connectivity index is 2.10. The molecule has 0 bridgehead atoms. The minimum Gasteiger partial charge on any atom is -0.369 e. The van der Waals surface area contributed by atoms with Crippen LogP contribution in [0.2, 0.25) is 0 Å². The van der Waals surface area contributed by atoms with E-state index >= 15 is 0 Å². The molecule has 0 amide bonds. The third-order valence-corrected chi connectivity index (χ3v) is 3.53. The first-order chi connectivity index (χ1) is 10.0. The third-order valence-electron chi connectivity index (χ3n) is 2.84. The molecule has 0 saturated heterocycles. The van der Waals surface area contributed by atoms with Gasteiger partial charge in [0.15, 0.2) is 0 Å². The van der Waals surface area contributed by atoms with Crippen LogP contribution < -0.4 is 10.6 Å². The first-order valence-electron chi connectivity index (χ1n) is 6.80. The van der Waals surface area contributed by atoms with Crippen molar-refractivity contribution in [3.8, 4) is 0 Å². The minimum absolute atomic E-state index is 0.736. The van der Waals surface area contributed by atoms with Crippen LogP contribution in [0, 0.1) is 6.92 Å². The number of anilines is 3. The van der Waals surface area contributed by atoms with Gasteiger partial charge in [0.2, 0.25) is 0 Å². The molecule has 0 fully saturated rings. The number of likely N-dealkylation sites (N-methyl/N-ethyl adjacent to an activating group) is 1. The van der Waals surface area contributed by atoms with Crippen molar-refractivity contribution in [3.63, 3.8) is 0 Å². The van der Waals surface area contributed by atoms with Gasteiger partial charge in [-0.1, -0.05) is 12.1 Å². The van der Waals surface area contributed by atoms with Gasteiger partial charge in [-0.05, 0) is 49.1 Å². The lowest BCUT2D eigenvalue weighted by Crippen LogP contribution is -2.21. The van der Waals surface area contributed by atoms with Gasteiger partial charge < -0.3 is 15.5 Å². The molecule has 2 N–H and O–H groups in total. The van der Waals surface area contributed by atoms with Gasteiger partial charge in [0.1, 0.15) is 17.5 Å². The van der Waals surface area contributed by atoms with Gasteiger partial charge in [-0.2, -0.15) is 0 Å². The van der Waals surface area contributed by atoms with E-state index < -0.39 is 0 Å². The van der Waals surface area contributed by atoms with Gasteiger partial charge in [0.25, 0.3) is 0 Å². The molecule has 0 saturated carbocycles. The van der Waals surface area contributed by atoms with E-state index in [4.69, 9.17) is 0 Å². The number of nitrogens with one attached hydrogen (secondary N) is 2. The summed E-state index contributed by atoms with van der Waals surface area (Å²) >= 11 is 3.52. The highest BCUT2D eigenvalue weighted by Gasteiger charge is 2.04. The SMILES string of the molecule is Cc1nc(NCCN(C)C)cc(Nc2ccccc2Br)n1. The van der Waals surface area contributed by atoms with E-state index in [1.54, 1.807) is 0 Å². The summed E-state index contributed by atoms with van der Waals surface area (Å²) in [7, 11) is 4.10. The number of rotatable bonds is 6. The summed E-state index contributed by atoms with van der Waals surface area (Å²) in [6.45, 7) is 3.69. The van der Waals surface area contributed by atoms with E-state index in [0.29, 0.717) is 0 Å². The largest absolute Gasteiger partial charge is 0.369 e. The Kier molecular flexibility index (Phi) is 5.52. The van der Waals surface area contributed by atoms with Gasteiger partial charge in [0.05, 0.1) is 5.69 Å². The molecule has 1 heterocycles. The number of benzene rings is 1. The zero-order valence-electron chi connectivity index (χ0n) is 12.5. The van der Waals surface area contributed by atoms with Crippen molar-refractivity contribution in [1.82, 2.24) is 14.9 Å². The minimum atomic E-state index is 0.736. The molecule has 0 aliphatic heterocycles. The second kappa shape index (κ2) is 7.38. The van der Waals surface area contributed by atoms with Crippen molar-refractivity contribution in [2.45, 2.75) is 6.92 Å². The van der Waals surface area contributed by atoms with Gasteiger partial charge in [-0.25, -0.2) is 9.97 Å². The third kappa shape index (κ3) is 4.99. The van der Waals surface area contributed by atoms with Gasteiger partial charge >= 0.3 is 0 Å². The Morgan fingerprint density at radius 2 is 1.86 bits per heavy atom. The molecular weight excluding hydrogens is 330 g/mol. The number of para-hydroxylation sites is 1. The molecule has 0 radical (unpaired) electrons. The van der Waals surface area contributed by atoms with Crippen LogP contribution in [0.3, 0.4) is 0 Å². The van der Waals surface area contributed by atoms with Crippen molar-refractivity contribution in [2.24, 2.45) is 0 Å². The summed E-state index contributed by atoms with van der Waals surface area (Å²) in [6, 6.07) is 9.88. The maximum atomic E-state index is 4.42. The fourth-order valence-corrected chi connectivity index (χ4v) is 2.21. The van der Waals surface area contributed by atoms with E-state index in [-0.39, 0.29) is 0 Å². The highest BCUT2D eigenvalue weighted by atomic mass is 79.9. The lowest BCUT2D eigenvalue weighted by molar-refractivity contribution is 0.425. The molecule has 0 atom stereocenters. The molecule has 6 heteroatoms. The molecule has 0 aliphatic carbocycles. The van der Waals surface area contributed by atoms with Crippen LogP contribution in [0.4, 0.5) is 17.3 Å². The van der Waals surface area contributed by atoms with Crippen molar-refractivity contribution in [1.29, 1.82) is 0 Å². The Morgan fingerprint density at radius 3 is 2.57 bits per heavy atom. The predicted octanol–water partition coefficient (Wildman–Crippen LogP) is 3.26. The summed E-state index contributed by atoms with van der Waals surface area (Å²) in [4.78, 5) is 10.9. The fraction of sp³-hybridized carbons (Fsp3) is 0.333. The van der Waals surface area contributed by atoms with Gasteiger partial charge in [-0.15, -0.1) is 0 Å². The first-order valence-corrected chi connectivity index (χ1v) is 7.60. The van der Waals surface area contributed by atoms with Crippen LogP contribution in [0.5, 0.6) is 0 Å². The second-order valence-corrected chi connectivity index (χ2v) is 5.87. The van der Waals surface area contributed by atoms with Crippen molar-refractivity contribution < 1.29 is 0 Å². The smallest absolute Gasteiger partial charge is 0.136 e. The lowest BCUT2D eigenvalue weighted by atomic mass is 10.3. The fourth-order valence-electron chi connectivity index (χ4n) is 1.83. The summed E-state index contributed by atoms with van der Waals surface area (Å²) in [5, 5.41) is 6.62. The highest BCUT2D eigenvalue weighted by Crippen LogP contribution is 2.25. The van der Waals surface area contributed by atoms with E-state index in [1.165, 1.54) is 0 Å². The maximum Gasteiger partial charge on any atom is 0.136 e. The average Bonchev–Trinajstić information content (AvgIpc) is 2.40. The normalized spacial score (nSPS) is 10.7. The Hall–Kier alpha value is -1.66. The Bertz CT molecular complexity index is 600. The molecule has 1 aromatic heterocycles. The van der Waals surface area contributed by atoms with Crippen molar-refractivity contribution >= 4 is 33.3 Å². The summed E-state index contributed by atoms with van der Waals surface area (Å²) in [5.74, 6) is 2.35. The molecule has 2 aromatic rings. The number of nitrogens with zero attached hydrogens (tertiary/aromatic N) is 3. The van der Waals surface area contributed by atoms with E-state index in [1.807, 2.05) is 51.4 Å². The number of aromatic nitrogens is 2. The van der Waals surface area contributed by atoms with Crippen LogP contribution in [0.25, 0.3) is 0 Å². The molecule has 0 aliphatic rings. The molecule has 0 unspecified atom stereocenters. The zero-order valence-corrected chi connectivity index (χ0v) is 14.1. The number of hydrogen-bond donors (Lipinski definition) is 2. The maximum absolute atomic E-state index is 4.42. The Morgan fingerprint density at radius 1 is 1.14 bits per heavy atom. The topological polar surface area (TPSA) is 53.1 Å². The predicted molar refractivity (Wildman–Crippen MR) is 91.2 cm³/mol. The lowest BCUT2D eigenvalue weighted by Gasteiger charge is -2.13. The van der Waals surface area contributed by atoms with E-state index in [0.717, 1.165) is 40.7 Å². The van der Waals surface area contributed by atoms with Crippen LogP contribution in [-0.2, 0) is 0 Å². The molecule has 2 rings (SSSR count). The molecule has 21 heavy (non-hydrogen) atoms.